The Kier molecular flexibility index (Phi) is 6.81. The van der Waals surface area contributed by atoms with Crippen LogP contribution >= 0.6 is 0 Å². The first-order valence-corrected chi connectivity index (χ1v) is 18.0. The fraction of sp³-hybridized carbons (Fsp3) is 0.208. The van der Waals surface area contributed by atoms with E-state index in [9.17, 15) is 0 Å². The Morgan fingerprint density at radius 1 is 0.440 bits per heavy atom. The summed E-state index contributed by atoms with van der Waals surface area (Å²) < 4.78 is 5.00. The van der Waals surface area contributed by atoms with Crippen LogP contribution in [0.25, 0.3) is 66.6 Å². The van der Waals surface area contributed by atoms with E-state index >= 15 is 0 Å². The van der Waals surface area contributed by atoms with Crippen molar-refractivity contribution in [3.8, 4) is 33.6 Å². The minimum Gasteiger partial charge on any atom is -0.158 e. The van der Waals surface area contributed by atoms with Crippen LogP contribution in [0.4, 0.5) is 0 Å². The highest BCUT2D eigenvalue weighted by molar-refractivity contribution is 6.09. The third kappa shape index (κ3) is 5.00. The molecule has 2 aliphatic rings. The van der Waals surface area contributed by atoms with Gasteiger partial charge in [0.1, 0.15) is 0 Å². The van der Waals surface area contributed by atoms with Crippen molar-refractivity contribution in [2.75, 3.05) is 0 Å². The molecule has 9 rings (SSSR count). The molecule has 2 aliphatic heterocycles. The molecular weight excluding hydrogens is 605 g/mol. The summed E-state index contributed by atoms with van der Waals surface area (Å²) in [6.45, 7) is 13.9. The second-order valence-electron chi connectivity index (χ2n) is 16.3. The van der Waals surface area contributed by atoms with Crippen LogP contribution in [0.15, 0.2) is 134 Å². The Balaban J connectivity index is 1.30. The molecule has 0 bridgehead atoms. The van der Waals surface area contributed by atoms with Crippen LogP contribution in [0.2, 0.25) is 0 Å². The van der Waals surface area contributed by atoms with E-state index in [-0.39, 0.29) is 10.8 Å². The number of hydrogen-bond acceptors (Lipinski definition) is 0. The Hall–Kier alpha value is -5.34. The van der Waals surface area contributed by atoms with E-state index in [2.05, 4.69) is 184 Å². The summed E-state index contributed by atoms with van der Waals surface area (Å²) in [6, 6.07) is 45.7. The second kappa shape index (κ2) is 11.1. The highest BCUT2D eigenvalue weighted by Gasteiger charge is 2.40. The molecule has 2 nitrogen and oxygen atoms in total. The number of aromatic nitrogens is 2. The van der Waals surface area contributed by atoms with Gasteiger partial charge in [-0.3, -0.25) is 0 Å². The molecule has 5 aromatic carbocycles. The zero-order valence-electron chi connectivity index (χ0n) is 30.0. The number of pyridine rings is 2. The average Bonchev–Trinajstić information content (AvgIpc) is 3.12. The van der Waals surface area contributed by atoms with Crippen LogP contribution in [0.5, 0.6) is 0 Å². The van der Waals surface area contributed by atoms with Crippen molar-refractivity contribution in [1.29, 1.82) is 0 Å². The third-order valence-electron chi connectivity index (χ3n) is 11.0. The highest BCUT2D eigenvalue weighted by Crippen LogP contribution is 2.41. The van der Waals surface area contributed by atoms with E-state index in [0.29, 0.717) is 0 Å². The molecule has 2 aromatic heterocycles. The highest BCUT2D eigenvalue weighted by atomic mass is 15.1. The lowest BCUT2D eigenvalue weighted by Crippen LogP contribution is -2.47. The van der Waals surface area contributed by atoms with Gasteiger partial charge < -0.3 is 0 Å². The summed E-state index contributed by atoms with van der Waals surface area (Å²) in [5.41, 5.74) is 15.9. The van der Waals surface area contributed by atoms with Crippen LogP contribution in [0.1, 0.15) is 63.8 Å². The topological polar surface area (TPSA) is 7.76 Å². The number of hydrogen-bond donors (Lipinski definition) is 0. The lowest BCUT2D eigenvalue weighted by atomic mass is 9.83. The van der Waals surface area contributed by atoms with Crippen LogP contribution < -0.4 is 9.13 Å². The number of benzene rings is 5. The average molecular weight is 649 g/mol. The lowest BCUT2D eigenvalue weighted by molar-refractivity contribution is -0.602. The van der Waals surface area contributed by atoms with Gasteiger partial charge in [-0.1, -0.05) is 120 Å². The molecule has 0 atom stereocenters. The van der Waals surface area contributed by atoms with Crippen molar-refractivity contribution in [2.24, 2.45) is 0 Å². The molecule has 244 valence electrons. The Morgan fingerprint density at radius 3 is 1.68 bits per heavy atom. The molecule has 0 radical (unpaired) electrons. The molecule has 0 saturated heterocycles. The molecule has 7 aromatic rings. The van der Waals surface area contributed by atoms with E-state index in [1.165, 1.54) is 88.8 Å². The summed E-state index contributed by atoms with van der Waals surface area (Å²) in [5, 5.41) is 5.22. The summed E-state index contributed by atoms with van der Waals surface area (Å²) in [5.74, 6) is 0. The van der Waals surface area contributed by atoms with E-state index in [1.54, 1.807) is 0 Å². The van der Waals surface area contributed by atoms with Gasteiger partial charge in [0.05, 0.1) is 24.0 Å². The first kappa shape index (κ1) is 30.7. The number of rotatable bonds is 1. The zero-order valence-corrected chi connectivity index (χ0v) is 30.0. The van der Waals surface area contributed by atoms with Crippen molar-refractivity contribution >= 4 is 32.9 Å². The van der Waals surface area contributed by atoms with Gasteiger partial charge in [0.15, 0.2) is 12.4 Å². The predicted octanol–water partition coefficient (Wildman–Crippen LogP) is 11.1. The largest absolute Gasteiger partial charge is 0.259 e. The normalized spacial score (nSPS) is 15.4. The summed E-state index contributed by atoms with van der Waals surface area (Å²) in [4.78, 5) is 0. The van der Waals surface area contributed by atoms with Gasteiger partial charge in [0.25, 0.3) is 11.4 Å². The van der Waals surface area contributed by atoms with Crippen molar-refractivity contribution in [3.63, 3.8) is 0 Å². The molecule has 0 saturated carbocycles. The standard InChI is InChI=1S/C48H44N2/c1-47(2,3)37-20-22-49-43(28-37)41-25-33(31-12-8-7-9-13-31)17-19-35(41)26-45(49)46-27-36-24-34-18-16-32-14-10-11-15-39(32)40(34)30-42(36)44-29-38(48(4,5)6)21-23-50(44)46/h7-25,28-30H,26-27H2,1-6H3/q+2/b46-45+. The maximum atomic E-state index is 2.50. The molecule has 50 heavy (non-hydrogen) atoms. The van der Waals surface area contributed by atoms with Gasteiger partial charge in [-0.05, 0) is 84.0 Å². The monoisotopic (exact) mass is 648 g/mol. The number of fused-ring (bicyclic) bond motifs is 9. The molecule has 0 fully saturated rings. The fourth-order valence-corrected chi connectivity index (χ4v) is 8.10. The molecule has 0 amide bonds. The molecule has 0 unspecified atom stereocenters. The number of nitrogens with zero attached hydrogens (tertiary/aromatic N) is 2. The molecule has 2 heteroatoms. The van der Waals surface area contributed by atoms with Gasteiger partial charge in [0, 0.05) is 24.3 Å². The molecular formula is C48H44N2+2. The maximum Gasteiger partial charge on any atom is 0.259 e. The summed E-state index contributed by atoms with van der Waals surface area (Å²) in [6.07, 6.45) is 6.41. The van der Waals surface area contributed by atoms with Gasteiger partial charge in [0.2, 0.25) is 11.4 Å². The summed E-state index contributed by atoms with van der Waals surface area (Å²) >= 11 is 0. The maximum absolute atomic E-state index is 2.50. The van der Waals surface area contributed by atoms with Gasteiger partial charge in [-0.15, -0.1) is 0 Å². The summed E-state index contributed by atoms with van der Waals surface area (Å²) in [7, 11) is 0. The number of allylic oxidation sites excluding steroid dienone is 2. The molecule has 0 aliphatic carbocycles. The fourth-order valence-electron chi connectivity index (χ4n) is 8.10. The first-order valence-electron chi connectivity index (χ1n) is 18.0. The van der Waals surface area contributed by atoms with Crippen molar-refractivity contribution in [1.82, 2.24) is 0 Å². The molecule has 4 heterocycles. The zero-order chi connectivity index (χ0) is 34.4. The SMILES string of the molecule is CC(C)(C)c1cc[n+]2c(c1)-c1cc(-c3ccccc3)ccc1C/C2=C1/Cc2cc3ccc4ccccc4c3cc2-c2cc(C(C)(C)C)cc[n+]21. The third-order valence-corrected chi connectivity index (χ3v) is 11.0. The van der Waals surface area contributed by atoms with Crippen LogP contribution in [-0.2, 0) is 23.7 Å². The van der Waals surface area contributed by atoms with Gasteiger partial charge >= 0.3 is 0 Å². The van der Waals surface area contributed by atoms with Crippen LogP contribution in [0.3, 0.4) is 0 Å². The Morgan fingerprint density at radius 2 is 1.02 bits per heavy atom. The Bertz CT molecular complexity index is 2540. The van der Waals surface area contributed by atoms with Gasteiger partial charge in [-0.2, -0.15) is 9.13 Å². The van der Waals surface area contributed by atoms with Crippen LogP contribution in [0, 0.1) is 0 Å². The minimum absolute atomic E-state index is 0.0367. The lowest BCUT2D eigenvalue weighted by Gasteiger charge is -2.25. The Labute approximate surface area is 296 Å². The van der Waals surface area contributed by atoms with E-state index in [1.807, 2.05) is 0 Å². The van der Waals surface area contributed by atoms with Crippen molar-refractivity contribution < 1.29 is 9.13 Å². The first-order chi connectivity index (χ1) is 24.0. The second-order valence-corrected chi connectivity index (χ2v) is 16.3. The van der Waals surface area contributed by atoms with E-state index in [0.717, 1.165) is 12.8 Å². The van der Waals surface area contributed by atoms with E-state index in [4.69, 9.17) is 0 Å². The quantitative estimate of drug-likeness (QED) is 0.124. The van der Waals surface area contributed by atoms with Gasteiger partial charge in [-0.25, -0.2) is 0 Å². The molecule has 0 spiro atoms. The minimum atomic E-state index is 0.0367. The predicted molar refractivity (Wildman–Crippen MR) is 209 cm³/mol. The van der Waals surface area contributed by atoms with Crippen molar-refractivity contribution in [2.45, 2.75) is 65.2 Å². The molecule has 0 N–H and O–H groups in total. The van der Waals surface area contributed by atoms with Crippen molar-refractivity contribution in [3.05, 3.63) is 156 Å². The van der Waals surface area contributed by atoms with Crippen LogP contribution in [-0.4, -0.2) is 0 Å². The van der Waals surface area contributed by atoms with E-state index < -0.39 is 0 Å². The smallest absolute Gasteiger partial charge is 0.158 e.